The number of aromatic nitrogens is 3. The number of aromatic amines is 1. The van der Waals surface area contributed by atoms with Crippen LogP contribution in [-0.4, -0.2) is 40.2 Å². The van der Waals surface area contributed by atoms with Crippen molar-refractivity contribution in [2.24, 2.45) is 0 Å². The molecular formula is C17H14Cl2N4O. The maximum absolute atomic E-state index is 13.1. The van der Waals surface area contributed by atoms with E-state index < -0.39 is 0 Å². The van der Waals surface area contributed by atoms with E-state index in [-0.39, 0.29) is 5.78 Å². The summed E-state index contributed by atoms with van der Waals surface area (Å²) < 4.78 is 0. The van der Waals surface area contributed by atoms with E-state index in [1.165, 1.54) is 0 Å². The first-order valence-corrected chi connectivity index (χ1v) is 7.91. The first kappa shape index (κ1) is 16.5. The van der Waals surface area contributed by atoms with Crippen LogP contribution in [0.4, 0.5) is 0 Å². The van der Waals surface area contributed by atoms with Crippen molar-refractivity contribution in [3.8, 4) is 0 Å². The van der Waals surface area contributed by atoms with Crippen molar-refractivity contribution in [3.05, 3.63) is 63.8 Å². The fourth-order valence-electron chi connectivity index (χ4n) is 2.41. The van der Waals surface area contributed by atoms with Gasteiger partial charge in [-0.1, -0.05) is 35.3 Å². The van der Waals surface area contributed by atoms with Gasteiger partial charge in [0.25, 0.3) is 0 Å². The second-order valence-electron chi connectivity index (χ2n) is 5.46. The summed E-state index contributed by atoms with van der Waals surface area (Å²) in [6, 6.07) is 10.3. The zero-order chi connectivity index (χ0) is 17.3. The molecular weight excluding hydrogens is 347 g/mol. The van der Waals surface area contributed by atoms with Crippen LogP contribution in [0.15, 0.2) is 42.6 Å². The smallest absolute Gasteiger partial charge is 0.196 e. The Bertz CT molecular complexity index is 947. The molecule has 7 heteroatoms. The number of carbonyl (C=O) groups is 1. The minimum absolute atomic E-state index is 0.208. The molecule has 1 aromatic heterocycles. The van der Waals surface area contributed by atoms with Gasteiger partial charge in [0.05, 0.1) is 5.02 Å². The average molecular weight is 361 g/mol. The van der Waals surface area contributed by atoms with Crippen LogP contribution in [0.5, 0.6) is 0 Å². The first-order chi connectivity index (χ1) is 11.5. The SMILES string of the molecule is CN(C)C=C(C(=O)c1ccc(Cl)cc1Cl)c1cccc2n[nH]nc12. The summed E-state index contributed by atoms with van der Waals surface area (Å²) >= 11 is 12.1. The predicted molar refractivity (Wildman–Crippen MR) is 96.3 cm³/mol. The number of hydrogen-bond donors (Lipinski definition) is 1. The van der Waals surface area contributed by atoms with Gasteiger partial charge in [0.1, 0.15) is 11.0 Å². The van der Waals surface area contributed by atoms with E-state index in [1.807, 2.05) is 32.3 Å². The van der Waals surface area contributed by atoms with E-state index in [2.05, 4.69) is 15.4 Å². The second kappa shape index (κ2) is 6.63. The van der Waals surface area contributed by atoms with Crippen molar-refractivity contribution in [3.63, 3.8) is 0 Å². The van der Waals surface area contributed by atoms with Crippen molar-refractivity contribution in [2.45, 2.75) is 0 Å². The van der Waals surface area contributed by atoms with Crippen LogP contribution in [0.3, 0.4) is 0 Å². The summed E-state index contributed by atoms with van der Waals surface area (Å²) in [5, 5.41) is 11.6. The summed E-state index contributed by atoms with van der Waals surface area (Å²) in [5.74, 6) is -0.208. The molecule has 0 unspecified atom stereocenters. The summed E-state index contributed by atoms with van der Waals surface area (Å²) in [7, 11) is 3.69. The van der Waals surface area contributed by atoms with Gasteiger partial charge in [0.2, 0.25) is 0 Å². The lowest BCUT2D eigenvalue weighted by Gasteiger charge is -2.13. The van der Waals surface area contributed by atoms with Crippen LogP contribution in [0.2, 0.25) is 10.0 Å². The highest BCUT2D eigenvalue weighted by Gasteiger charge is 2.21. The molecule has 0 saturated heterocycles. The summed E-state index contributed by atoms with van der Waals surface area (Å²) in [4.78, 5) is 14.9. The highest BCUT2D eigenvalue weighted by atomic mass is 35.5. The Labute approximate surface area is 148 Å². The van der Waals surface area contributed by atoms with E-state index in [0.29, 0.717) is 37.8 Å². The molecule has 0 bridgehead atoms. The lowest BCUT2D eigenvalue weighted by molar-refractivity contribution is 0.105. The van der Waals surface area contributed by atoms with Crippen LogP contribution in [0.25, 0.3) is 16.6 Å². The number of ketones is 1. The van der Waals surface area contributed by atoms with Gasteiger partial charge in [-0.05, 0) is 24.3 Å². The highest BCUT2D eigenvalue weighted by Crippen LogP contribution is 2.29. The molecule has 0 spiro atoms. The van der Waals surface area contributed by atoms with Crippen LogP contribution in [0.1, 0.15) is 15.9 Å². The van der Waals surface area contributed by atoms with Gasteiger partial charge in [-0.25, -0.2) is 0 Å². The number of Topliss-reactive ketones (excluding diaryl/α,β-unsaturated/α-hetero) is 1. The number of nitrogens with zero attached hydrogens (tertiary/aromatic N) is 3. The van der Waals surface area contributed by atoms with E-state index in [0.717, 1.165) is 0 Å². The van der Waals surface area contributed by atoms with Gasteiger partial charge >= 0.3 is 0 Å². The molecule has 3 rings (SSSR count). The molecule has 1 heterocycles. The molecule has 0 aliphatic rings. The fourth-order valence-corrected chi connectivity index (χ4v) is 2.91. The van der Waals surface area contributed by atoms with Crippen molar-refractivity contribution in [2.75, 3.05) is 14.1 Å². The molecule has 3 aromatic rings. The Morgan fingerprint density at radius 1 is 1.12 bits per heavy atom. The molecule has 0 aliphatic carbocycles. The molecule has 2 aromatic carbocycles. The number of benzene rings is 2. The maximum Gasteiger partial charge on any atom is 0.196 e. The quantitative estimate of drug-likeness (QED) is 0.563. The summed E-state index contributed by atoms with van der Waals surface area (Å²) in [5.41, 5.74) is 2.86. The molecule has 1 N–H and O–H groups in total. The summed E-state index contributed by atoms with van der Waals surface area (Å²) in [6.45, 7) is 0. The molecule has 0 saturated carbocycles. The number of halogens is 2. The van der Waals surface area contributed by atoms with Gasteiger partial charge in [-0.2, -0.15) is 15.4 Å². The minimum Gasteiger partial charge on any atom is -0.383 e. The lowest BCUT2D eigenvalue weighted by Crippen LogP contribution is -2.10. The Morgan fingerprint density at radius 3 is 2.62 bits per heavy atom. The number of para-hydroxylation sites is 1. The van der Waals surface area contributed by atoms with E-state index in [1.54, 1.807) is 29.3 Å². The Kier molecular flexibility index (Phi) is 4.55. The standard InChI is InChI=1S/C17H14Cl2N4O/c1-23(2)9-13(11-4-3-5-15-16(11)21-22-20-15)17(24)12-7-6-10(18)8-14(12)19/h3-9H,1-2H3,(H,20,21,22). The third-order valence-corrected chi connectivity index (χ3v) is 3.99. The fraction of sp³-hybridized carbons (Fsp3) is 0.118. The van der Waals surface area contributed by atoms with Crippen molar-refractivity contribution in [1.82, 2.24) is 20.3 Å². The molecule has 0 atom stereocenters. The van der Waals surface area contributed by atoms with Crippen molar-refractivity contribution < 1.29 is 4.79 Å². The van der Waals surface area contributed by atoms with Gasteiger partial charge in [-0.15, -0.1) is 0 Å². The third kappa shape index (κ3) is 3.13. The van der Waals surface area contributed by atoms with Crippen molar-refractivity contribution in [1.29, 1.82) is 0 Å². The highest BCUT2D eigenvalue weighted by molar-refractivity contribution is 6.41. The third-order valence-electron chi connectivity index (χ3n) is 3.44. The monoisotopic (exact) mass is 360 g/mol. The number of carbonyl (C=O) groups excluding carboxylic acids is 1. The number of H-pyrrole nitrogens is 1. The van der Waals surface area contributed by atoms with Crippen molar-refractivity contribution >= 4 is 45.6 Å². The topological polar surface area (TPSA) is 61.9 Å². The Hall–Kier alpha value is -2.37. The molecule has 0 fully saturated rings. The molecule has 5 nitrogen and oxygen atoms in total. The van der Waals surface area contributed by atoms with Gasteiger partial charge in [0, 0.05) is 42.0 Å². The zero-order valence-corrected chi connectivity index (χ0v) is 14.6. The predicted octanol–water partition coefficient (Wildman–Crippen LogP) is 4.05. The molecule has 0 amide bonds. The maximum atomic E-state index is 13.1. The van der Waals surface area contributed by atoms with Gasteiger partial charge in [0.15, 0.2) is 5.78 Å². The van der Waals surface area contributed by atoms with Crippen LogP contribution in [-0.2, 0) is 0 Å². The number of rotatable bonds is 4. The van der Waals surface area contributed by atoms with Gasteiger partial charge < -0.3 is 4.90 Å². The Morgan fingerprint density at radius 2 is 1.92 bits per heavy atom. The van der Waals surface area contributed by atoms with E-state index in [9.17, 15) is 4.79 Å². The molecule has 0 radical (unpaired) electrons. The van der Waals surface area contributed by atoms with Crippen LogP contribution in [0, 0.1) is 0 Å². The van der Waals surface area contributed by atoms with Crippen LogP contribution < -0.4 is 0 Å². The number of hydrogen-bond acceptors (Lipinski definition) is 4. The largest absolute Gasteiger partial charge is 0.383 e. The Balaban J connectivity index is 2.17. The summed E-state index contributed by atoms with van der Waals surface area (Å²) in [6.07, 6.45) is 1.75. The average Bonchev–Trinajstić information content (AvgIpc) is 3.00. The zero-order valence-electron chi connectivity index (χ0n) is 13.0. The van der Waals surface area contributed by atoms with Crippen LogP contribution >= 0.6 is 23.2 Å². The number of allylic oxidation sites excluding steroid dienone is 1. The van der Waals surface area contributed by atoms with E-state index >= 15 is 0 Å². The minimum atomic E-state index is -0.208. The lowest BCUT2D eigenvalue weighted by atomic mass is 9.96. The number of fused-ring (bicyclic) bond motifs is 1. The van der Waals surface area contributed by atoms with Gasteiger partial charge in [-0.3, -0.25) is 4.79 Å². The molecule has 24 heavy (non-hydrogen) atoms. The molecule has 0 aliphatic heterocycles. The number of nitrogens with one attached hydrogen (secondary N) is 1. The molecule has 122 valence electrons. The van der Waals surface area contributed by atoms with E-state index in [4.69, 9.17) is 23.2 Å². The second-order valence-corrected chi connectivity index (χ2v) is 6.30. The first-order valence-electron chi connectivity index (χ1n) is 7.15. The normalized spacial score (nSPS) is 11.8.